The molecule has 0 N–H and O–H groups in total. The average molecular weight is 112 g/mol. The summed E-state index contributed by atoms with van der Waals surface area (Å²) in [7, 11) is 0. The number of hydrogen-bond acceptors (Lipinski definition) is 2. The van der Waals surface area contributed by atoms with Gasteiger partial charge in [-0.3, -0.25) is 0 Å². The minimum atomic E-state index is 0. The standard InChI is InChI=1S/C4H8OS.Li.H/c1-3-5-4(2)6;;/h3H2,1-2H3;;/q;+1;-1. The van der Waals surface area contributed by atoms with Gasteiger partial charge in [0.25, 0.3) is 0 Å². The largest absolute Gasteiger partial charge is 1.00 e. The van der Waals surface area contributed by atoms with Crippen LogP contribution in [0.3, 0.4) is 0 Å². The summed E-state index contributed by atoms with van der Waals surface area (Å²) in [6.45, 7) is 4.37. The van der Waals surface area contributed by atoms with Gasteiger partial charge in [0.1, 0.15) is 0 Å². The molecule has 0 unspecified atom stereocenters. The molecule has 0 bridgehead atoms. The molecular formula is C4H9LiOS. The average Bonchev–Trinajstić information content (AvgIpc) is 1.35. The monoisotopic (exact) mass is 112 g/mol. The number of rotatable bonds is 1. The van der Waals surface area contributed by atoms with Gasteiger partial charge in [0, 0.05) is 6.92 Å². The van der Waals surface area contributed by atoms with E-state index in [9.17, 15) is 0 Å². The molecule has 0 aliphatic carbocycles. The van der Waals surface area contributed by atoms with Crippen molar-refractivity contribution in [2.24, 2.45) is 0 Å². The van der Waals surface area contributed by atoms with Crippen molar-refractivity contribution in [3.05, 3.63) is 0 Å². The Morgan fingerprint density at radius 1 is 1.86 bits per heavy atom. The Bertz CT molecular complexity index is 60.0. The molecule has 0 amide bonds. The number of ether oxygens (including phenoxy) is 1. The molecule has 0 atom stereocenters. The van der Waals surface area contributed by atoms with E-state index >= 15 is 0 Å². The van der Waals surface area contributed by atoms with E-state index in [2.05, 4.69) is 12.2 Å². The quantitative estimate of drug-likeness (QED) is 0.301. The molecule has 0 saturated heterocycles. The van der Waals surface area contributed by atoms with Gasteiger partial charge in [-0.15, -0.1) is 0 Å². The molecule has 0 fully saturated rings. The molecule has 0 saturated carbocycles. The molecule has 0 aromatic carbocycles. The maximum Gasteiger partial charge on any atom is 1.00 e. The maximum atomic E-state index is 4.77. The van der Waals surface area contributed by atoms with Crippen LogP contribution in [0.4, 0.5) is 0 Å². The van der Waals surface area contributed by atoms with E-state index in [-0.39, 0.29) is 20.3 Å². The van der Waals surface area contributed by atoms with Crippen LogP contribution in [-0.2, 0) is 4.74 Å². The molecule has 0 aliphatic heterocycles. The van der Waals surface area contributed by atoms with Crippen LogP contribution in [0.2, 0.25) is 0 Å². The second kappa shape index (κ2) is 6.49. The molecule has 0 aromatic heterocycles. The van der Waals surface area contributed by atoms with Crippen molar-refractivity contribution in [2.75, 3.05) is 6.61 Å². The van der Waals surface area contributed by atoms with E-state index in [1.54, 1.807) is 6.92 Å². The first-order chi connectivity index (χ1) is 2.77. The molecule has 7 heavy (non-hydrogen) atoms. The predicted molar refractivity (Wildman–Crippen MR) is 31.0 cm³/mol. The molecule has 0 rings (SSSR count). The van der Waals surface area contributed by atoms with Gasteiger partial charge >= 0.3 is 18.9 Å². The molecule has 38 valence electrons. The second-order valence-corrected chi connectivity index (χ2v) is 1.50. The van der Waals surface area contributed by atoms with Crippen molar-refractivity contribution in [2.45, 2.75) is 13.8 Å². The Morgan fingerprint density at radius 2 is 2.29 bits per heavy atom. The number of thiocarbonyl (C=S) groups is 1. The van der Waals surface area contributed by atoms with Crippen LogP contribution in [0, 0.1) is 0 Å². The minimum Gasteiger partial charge on any atom is -1.00 e. The second-order valence-electron chi connectivity index (χ2n) is 0.925. The first-order valence-corrected chi connectivity index (χ1v) is 2.31. The summed E-state index contributed by atoms with van der Waals surface area (Å²) in [4.78, 5) is 0. The minimum absolute atomic E-state index is 0. The van der Waals surface area contributed by atoms with Gasteiger partial charge in [0.15, 0.2) is 5.05 Å². The Kier molecular flexibility index (Phi) is 9.70. The van der Waals surface area contributed by atoms with Gasteiger partial charge in [-0.05, 0) is 19.1 Å². The van der Waals surface area contributed by atoms with E-state index in [1.807, 2.05) is 6.92 Å². The zero-order valence-electron chi connectivity index (χ0n) is 6.02. The van der Waals surface area contributed by atoms with E-state index in [0.29, 0.717) is 11.7 Å². The van der Waals surface area contributed by atoms with Crippen molar-refractivity contribution in [1.29, 1.82) is 0 Å². The Balaban J connectivity index is -0.000000125. The summed E-state index contributed by atoms with van der Waals surface area (Å²) < 4.78 is 4.77. The van der Waals surface area contributed by atoms with Crippen molar-refractivity contribution >= 4 is 17.3 Å². The van der Waals surface area contributed by atoms with Crippen LogP contribution < -0.4 is 18.9 Å². The maximum absolute atomic E-state index is 4.77. The molecule has 0 radical (unpaired) electrons. The molecule has 0 spiro atoms. The van der Waals surface area contributed by atoms with Crippen LogP contribution >= 0.6 is 12.2 Å². The smallest absolute Gasteiger partial charge is 1.00 e. The van der Waals surface area contributed by atoms with Crippen LogP contribution in [0.5, 0.6) is 0 Å². The third kappa shape index (κ3) is 10.7. The molecule has 3 heteroatoms. The fourth-order valence-electron chi connectivity index (χ4n) is 0.203. The summed E-state index contributed by atoms with van der Waals surface area (Å²) in [5.41, 5.74) is 0. The van der Waals surface area contributed by atoms with Gasteiger partial charge in [0.2, 0.25) is 0 Å². The van der Waals surface area contributed by atoms with Gasteiger partial charge in [-0.2, -0.15) is 0 Å². The summed E-state index contributed by atoms with van der Waals surface area (Å²) in [5, 5.41) is 0.623. The Hall–Kier alpha value is 0.487. The third-order valence-corrected chi connectivity index (χ3v) is 0.465. The third-order valence-electron chi connectivity index (χ3n) is 0.348. The number of hydrogen-bond donors (Lipinski definition) is 0. The zero-order valence-corrected chi connectivity index (χ0v) is 5.84. The molecule has 1 nitrogen and oxygen atoms in total. The Morgan fingerprint density at radius 3 is 2.29 bits per heavy atom. The summed E-state index contributed by atoms with van der Waals surface area (Å²) in [6, 6.07) is 0. The van der Waals surface area contributed by atoms with Crippen LogP contribution in [0.1, 0.15) is 15.3 Å². The van der Waals surface area contributed by atoms with E-state index in [1.165, 1.54) is 0 Å². The van der Waals surface area contributed by atoms with Crippen LogP contribution in [0.25, 0.3) is 0 Å². The van der Waals surface area contributed by atoms with Crippen molar-refractivity contribution in [3.63, 3.8) is 0 Å². The summed E-state index contributed by atoms with van der Waals surface area (Å²) in [5.74, 6) is 0. The molecule has 0 aromatic rings. The van der Waals surface area contributed by atoms with Gasteiger partial charge in [0.05, 0.1) is 6.61 Å². The summed E-state index contributed by atoms with van der Waals surface area (Å²) >= 11 is 4.57. The first kappa shape index (κ1) is 10.5. The SMILES string of the molecule is CCOC(C)=S.[H-].[Li+]. The van der Waals surface area contributed by atoms with Crippen LogP contribution in [-0.4, -0.2) is 11.7 Å². The summed E-state index contributed by atoms with van der Waals surface area (Å²) in [6.07, 6.45) is 0. The Labute approximate surface area is 63.1 Å². The predicted octanol–water partition coefficient (Wildman–Crippen LogP) is -1.51. The van der Waals surface area contributed by atoms with Crippen molar-refractivity contribution in [1.82, 2.24) is 0 Å². The van der Waals surface area contributed by atoms with Crippen molar-refractivity contribution < 1.29 is 25.0 Å². The topological polar surface area (TPSA) is 9.23 Å². The van der Waals surface area contributed by atoms with E-state index in [0.717, 1.165) is 0 Å². The normalized spacial score (nSPS) is 6.57. The van der Waals surface area contributed by atoms with E-state index < -0.39 is 0 Å². The van der Waals surface area contributed by atoms with Gasteiger partial charge in [-0.1, -0.05) is 0 Å². The van der Waals surface area contributed by atoms with Crippen LogP contribution in [0.15, 0.2) is 0 Å². The first-order valence-electron chi connectivity index (χ1n) is 1.90. The van der Waals surface area contributed by atoms with Crippen molar-refractivity contribution in [3.8, 4) is 0 Å². The van der Waals surface area contributed by atoms with Gasteiger partial charge in [-0.25, -0.2) is 0 Å². The fourth-order valence-corrected chi connectivity index (χ4v) is 0.321. The zero-order chi connectivity index (χ0) is 4.99. The van der Waals surface area contributed by atoms with E-state index in [4.69, 9.17) is 4.74 Å². The van der Waals surface area contributed by atoms with Gasteiger partial charge < -0.3 is 6.16 Å². The molecule has 0 aliphatic rings. The molecular weight excluding hydrogens is 103 g/mol. The molecule has 0 heterocycles. The fraction of sp³-hybridized carbons (Fsp3) is 0.750.